The lowest BCUT2D eigenvalue weighted by molar-refractivity contribution is 0.0672. The summed E-state index contributed by atoms with van der Waals surface area (Å²) in [5.74, 6) is -0.151. The summed E-state index contributed by atoms with van der Waals surface area (Å²) in [5.41, 5.74) is 0.774. The molecule has 21 heavy (non-hydrogen) atoms. The molecule has 1 atom stereocenters. The van der Waals surface area contributed by atoms with Crippen molar-refractivity contribution < 1.29 is 9.18 Å². The predicted octanol–water partition coefficient (Wildman–Crippen LogP) is 3.47. The smallest absolute Gasteiger partial charge is 0.270 e. The SMILES string of the molecule is Cc1ccc2cc(C(=O)N(C)C(C)CC(C)(C)F)[nH]c2n1. The van der Waals surface area contributed by atoms with Gasteiger partial charge in [0.25, 0.3) is 5.91 Å². The number of rotatable bonds is 4. The van der Waals surface area contributed by atoms with E-state index in [1.54, 1.807) is 18.0 Å². The van der Waals surface area contributed by atoms with Gasteiger partial charge in [0.1, 0.15) is 17.0 Å². The first-order valence-corrected chi connectivity index (χ1v) is 7.10. The maximum atomic E-state index is 13.7. The molecule has 1 amide bonds. The van der Waals surface area contributed by atoms with Crippen molar-refractivity contribution in [1.29, 1.82) is 0 Å². The molecule has 0 bridgehead atoms. The second kappa shape index (κ2) is 5.47. The van der Waals surface area contributed by atoms with Crippen LogP contribution in [0.4, 0.5) is 4.39 Å². The van der Waals surface area contributed by atoms with E-state index in [1.807, 2.05) is 26.0 Å². The van der Waals surface area contributed by atoms with Crippen LogP contribution in [0, 0.1) is 6.92 Å². The largest absolute Gasteiger partial charge is 0.338 e. The maximum absolute atomic E-state index is 13.7. The first-order valence-electron chi connectivity index (χ1n) is 7.10. The highest BCUT2D eigenvalue weighted by atomic mass is 19.1. The van der Waals surface area contributed by atoms with Gasteiger partial charge in [-0.3, -0.25) is 4.79 Å². The highest BCUT2D eigenvalue weighted by Gasteiger charge is 2.26. The second-order valence-corrected chi connectivity index (χ2v) is 6.26. The number of aromatic amines is 1. The minimum absolute atomic E-state index is 0.151. The number of aromatic nitrogens is 2. The first kappa shape index (κ1) is 15.5. The standard InChI is InChI=1S/C16H22FN3O/c1-10-6-7-12-8-13(19-14(12)18-10)15(21)20(5)11(2)9-16(3,4)17/h6-8,11H,9H2,1-5H3,(H,18,19). The van der Waals surface area contributed by atoms with Crippen molar-refractivity contribution in [2.75, 3.05) is 7.05 Å². The molecule has 1 N–H and O–H groups in total. The fourth-order valence-electron chi connectivity index (χ4n) is 2.45. The molecule has 2 aromatic heterocycles. The van der Waals surface area contributed by atoms with Gasteiger partial charge in [-0.25, -0.2) is 9.37 Å². The number of carbonyl (C=O) groups excluding carboxylic acids is 1. The van der Waals surface area contributed by atoms with E-state index in [9.17, 15) is 9.18 Å². The van der Waals surface area contributed by atoms with Crippen LogP contribution in [0.1, 0.15) is 43.4 Å². The van der Waals surface area contributed by atoms with Crippen molar-refractivity contribution in [1.82, 2.24) is 14.9 Å². The van der Waals surface area contributed by atoms with Crippen LogP contribution in [0.5, 0.6) is 0 Å². The number of alkyl halides is 1. The second-order valence-electron chi connectivity index (χ2n) is 6.26. The topological polar surface area (TPSA) is 49.0 Å². The van der Waals surface area contributed by atoms with Crippen molar-refractivity contribution in [3.05, 3.63) is 29.6 Å². The molecule has 0 aromatic carbocycles. The van der Waals surface area contributed by atoms with Gasteiger partial charge in [0.15, 0.2) is 0 Å². The lowest BCUT2D eigenvalue weighted by Gasteiger charge is -2.28. The molecule has 114 valence electrons. The van der Waals surface area contributed by atoms with Gasteiger partial charge in [-0.2, -0.15) is 0 Å². The summed E-state index contributed by atoms with van der Waals surface area (Å²) in [7, 11) is 1.70. The number of halogens is 1. The molecule has 4 nitrogen and oxygen atoms in total. The third kappa shape index (κ3) is 3.60. The Labute approximate surface area is 124 Å². The number of H-pyrrole nitrogens is 1. The Balaban J connectivity index is 2.21. The van der Waals surface area contributed by atoms with Crippen LogP contribution in [0.2, 0.25) is 0 Å². The highest BCUT2D eigenvalue weighted by Crippen LogP contribution is 2.21. The van der Waals surface area contributed by atoms with E-state index in [1.165, 1.54) is 13.8 Å². The van der Waals surface area contributed by atoms with Crippen LogP contribution in [-0.4, -0.2) is 39.5 Å². The summed E-state index contributed by atoms with van der Waals surface area (Å²) in [6, 6.07) is 5.44. The van der Waals surface area contributed by atoms with E-state index in [-0.39, 0.29) is 11.9 Å². The molecule has 0 spiro atoms. The summed E-state index contributed by atoms with van der Waals surface area (Å²) in [4.78, 5) is 21.4. The van der Waals surface area contributed by atoms with E-state index in [0.29, 0.717) is 17.8 Å². The molecule has 0 aliphatic carbocycles. The van der Waals surface area contributed by atoms with E-state index in [0.717, 1.165) is 11.1 Å². The molecule has 0 aliphatic heterocycles. The number of carbonyl (C=O) groups is 1. The Hall–Kier alpha value is -1.91. The lowest BCUT2D eigenvalue weighted by Crippen LogP contribution is -2.38. The number of aryl methyl sites for hydroxylation is 1. The molecule has 2 rings (SSSR count). The van der Waals surface area contributed by atoms with Gasteiger partial charge >= 0.3 is 0 Å². The van der Waals surface area contributed by atoms with Crippen LogP contribution >= 0.6 is 0 Å². The number of hydrogen-bond donors (Lipinski definition) is 1. The molecular weight excluding hydrogens is 269 g/mol. The van der Waals surface area contributed by atoms with Crippen molar-refractivity contribution in [2.24, 2.45) is 0 Å². The number of amides is 1. The Bertz CT molecular complexity index is 657. The third-order valence-corrected chi connectivity index (χ3v) is 3.61. The Morgan fingerprint density at radius 1 is 1.48 bits per heavy atom. The molecule has 0 saturated heterocycles. The summed E-state index contributed by atoms with van der Waals surface area (Å²) < 4.78 is 13.7. The maximum Gasteiger partial charge on any atom is 0.270 e. The lowest BCUT2D eigenvalue weighted by atomic mass is 10.0. The quantitative estimate of drug-likeness (QED) is 0.937. The summed E-state index contributed by atoms with van der Waals surface area (Å²) in [5, 5.41) is 0.899. The van der Waals surface area contributed by atoms with Crippen LogP contribution in [-0.2, 0) is 0 Å². The van der Waals surface area contributed by atoms with Crippen LogP contribution in [0.15, 0.2) is 18.2 Å². The molecule has 0 radical (unpaired) electrons. The first-order chi connectivity index (χ1) is 9.67. The van der Waals surface area contributed by atoms with Gasteiger partial charge in [-0.1, -0.05) is 0 Å². The van der Waals surface area contributed by atoms with Gasteiger partial charge in [-0.05, 0) is 45.9 Å². The summed E-state index contributed by atoms with van der Waals surface area (Å²) in [6.45, 7) is 6.80. The molecule has 2 heterocycles. The molecule has 2 aromatic rings. The van der Waals surface area contributed by atoms with Crippen LogP contribution in [0.3, 0.4) is 0 Å². The predicted molar refractivity (Wildman–Crippen MR) is 82.2 cm³/mol. The molecule has 0 fully saturated rings. The zero-order chi connectivity index (χ0) is 15.8. The van der Waals surface area contributed by atoms with Gasteiger partial charge < -0.3 is 9.88 Å². The normalized spacial score (nSPS) is 13.4. The van der Waals surface area contributed by atoms with Gasteiger partial charge in [0, 0.05) is 30.6 Å². The summed E-state index contributed by atoms with van der Waals surface area (Å²) in [6.07, 6.45) is 0.298. The molecular formula is C16H22FN3O. The minimum atomic E-state index is -1.30. The number of nitrogens with one attached hydrogen (secondary N) is 1. The van der Waals surface area contributed by atoms with Crippen molar-refractivity contribution in [2.45, 2.75) is 45.8 Å². The number of pyridine rings is 1. The van der Waals surface area contributed by atoms with Crippen LogP contribution < -0.4 is 0 Å². The number of fused-ring (bicyclic) bond motifs is 1. The zero-order valence-electron chi connectivity index (χ0n) is 13.2. The average molecular weight is 291 g/mol. The van der Waals surface area contributed by atoms with E-state index in [2.05, 4.69) is 9.97 Å². The van der Waals surface area contributed by atoms with E-state index < -0.39 is 5.67 Å². The third-order valence-electron chi connectivity index (χ3n) is 3.61. The van der Waals surface area contributed by atoms with Crippen LogP contribution in [0.25, 0.3) is 11.0 Å². The van der Waals surface area contributed by atoms with Gasteiger partial charge in [0.2, 0.25) is 0 Å². The van der Waals surface area contributed by atoms with Crippen molar-refractivity contribution in [3.63, 3.8) is 0 Å². The monoisotopic (exact) mass is 291 g/mol. The molecule has 0 aliphatic rings. The summed E-state index contributed by atoms with van der Waals surface area (Å²) >= 11 is 0. The number of nitrogens with zero attached hydrogens (tertiary/aromatic N) is 2. The number of hydrogen-bond acceptors (Lipinski definition) is 2. The van der Waals surface area contributed by atoms with Crippen molar-refractivity contribution >= 4 is 16.9 Å². The Kier molecular flexibility index (Phi) is 4.03. The van der Waals surface area contributed by atoms with Gasteiger partial charge in [-0.15, -0.1) is 0 Å². The van der Waals surface area contributed by atoms with E-state index >= 15 is 0 Å². The highest BCUT2D eigenvalue weighted by molar-refractivity contribution is 5.97. The van der Waals surface area contributed by atoms with Gasteiger partial charge in [0.05, 0.1) is 0 Å². The fraction of sp³-hybridized carbons (Fsp3) is 0.500. The minimum Gasteiger partial charge on any atom is -0.338 e. The Morgan fingerprint density at radius 3 is 2.76 bits per heavy atom. The molecule has 5 heteroatoms. The Morgan fingerprint density at radius 2 is 2.14 bits per heavy atom. The zero-order valence-corrected chi connectivity index (χ0v) is 13.2. The van der Waals surface area contributed by atoms with Crippen molar-refractivity contribution in [3.8, 4) is 0 Å². The molecule has 1 unspecified atom stereocenters. The van der Waals surface area contributed by atoms with E-state index in [4.69, 9.17) is 0 Å². The average Bonchev–Trinajstić information content (AvgIpc) is 2.77. The fourth-order valence-corrected chi connectivity index (χ4v) is 2.45. The molecule has 0 saturated carbocycles.